The number of carbonyl (C=O) groups is 1. The van der Waals surface area contributed by atoms with Crippen molar-refractivity contribution < 1.29 is 4.79 Å². The van der Waals surface area contributed by atoms with Crippen LogP contribution >= 0.6 is 27.3 Å². The fourth-order valence-corrected chi connectivity index (χ4v) is 3.11. The van der Waals surface area contributed by atoms with E-state index in [1.807, 2.05) is 13.0 Å². The third kappa shape index (κ3) is 4.37. The first kappa shape index (κ1) is 15.7. The molecule has 1 heterocycles. The molecule has 3 N–H and O–H groups in total. The average molecular weight is 333 g/mol. The quantitative estimate of drug-likeness (QED) is 0.841. The monoisotopic (exact) mass is 332 g/mol. The fraction of sp³-hybridized carbons (Fsp3) is 0.615. The van der Waals surface area contributed by atoms with Crippen molar-refractivity contribution in [3.63, 3.8) is 0 Å². The normalized spacial score (nSPS) is 13.4. The van der Waals surface area contributed by atoms with Crippen molar-refractivity contribution in [2.45, 2.75) is 32.6 Å². The van der Waals surface area contributed by atoms with Gasteiger partial charge in [0, 0.05) is 22.8 Å². The Kier molecular flexibility index (Phi) is 5.82. The summed E-state index contributed by atoms with van der Waals surface area (Å²) in [5.74, 6) is 0.0741. The van der Waals surface area contributed by atoms with E-state index in [4.69, 9.17) is 5.73 Å². The summed E-state index contributed by atoms with van der Waals surface area (Å²) in [6.45, 7) is 7.39. The van der Waals surface area contributed by atoms with Crippen LogP contribution in [0.2, 0.25) is 0 Å². The topological polar surface area (TPSA) is 55.1 Å². The highest BCUT2D eigenvalue weighted by Gasteiger charge is 2.24. The molecule has 102 valence electrons. The summed E-state index contributed by atoms with van der Waals surface area (Å²) in [5, 5.41) is 3.01. The molecular weight excluding hydrogens is 312 g/mol. The second-order valence-electron chi connectivity index (χ2n) is 5.18. The van der Waals surface area contributed by atoms with Crippen LogP contribution in [0.5, 0.6) is 0 Å². The van der Waals surface area contributed by atoms with E-state index < -0.39 is 0 Å². The molecule has 1 aromatic rings. The van der Waals surface area contributed by atoms with Gasteiger partial charge >= 0.3 is 0 Å². The highest BCUT2D eigenvalue weighted by Crippen LogP contribution is 2.32. The summed E-state index contributed by atoms with van der Waals surface area (Å²) in [4.78, 5) is 13.1. The molecule has 0 bridgehead atoms. The molecule has 0 aliphatic carbocycles. The molecule has 0 spiro atoms. The summed E-state index contributed by atoms with van der Waals surface area (Å²) in [5.41, 5.74) is 5.41. The van der Waals surface area contributed by atoms with Gasteiger partial charge in [-0.25, -0.2) is 0 Å². The van der Waals surface area contributed by atoms with Gasteiger partial charge in [-0.05, 0) is 41.0 Å². The van der Waals surface area contributed by atoms with E-state index in [-0.39, 0.29) is 17.2 Å². The van der Waals surface area contributed by atoms with Crippen LogP contribution in [-0.2, 0) is 10.2 Å². The third-order valence-electron chi connectivity index (χ3n) is 2.99. The summed E-state index contributed by atoms with van der Waals surface area (Å²) in [6, 6.07) is 4.14. The van der Waals surface area contributed by atoms with Gasteiger partial charge < -0.3 is 11.1 Å². The number of thiophene rings is 1. The van der Waals surface area contributed by atoms with Crippen LogP contribution in [0.1, 0.15) is 32.1 Å². The van der Waals surface area contributed by atoms with Gasteiger partial charge in [-0.3, -0.25) is 4.79 Å². The minimum absolute atomic E-state index is 0.0131. The highest BCUT2D eigenvalue weighted by molar-refractivity contribution is 9.11. The Morgan fingerprint density at radius 2 is 2.22 bits per heavy atom. The van der Waals surface area contributed by atoms with E-state index >= 15 is 0 Å². The molecule has 1 aromatic heterocycles. The van der Waals surface area contributed by atoms with Gasteiger partial charge in [0.15, 0.2) is 0 Å². The van der Waals surface area contributed by atoms with E-state index in [0.717, 1.165) is 10.2 Å². The van der Waals surface area contributed by atoms with Crippen LogP contribution in [0, 0.1) is 5.92 Å². The maximum Gasteiger partial charge on any atom is 0.222 e. The van der Waals surface area contributed by atoms with Crippen LogP contribution in [0.25, 0.3) is 0 Å². The zero-order valence-corrected chi connectivity index (χ0v) is 13.5. The first-order valence-corrected chi connectivity index (χ1v) is 7.71. The number of carbonyl (C=O) groups excluding carboxylic acids is 1. The van der Waals surface area contributed by atoms with Crippen LogP contribution in [-0.4, -0.2) is 19.0 Å². The molecule has 0 radical (unpaired) electrons. The molecule has 18 heavy (non-hydrogen) atoms. The Hall–Kier alpha value is -0.390. The Morgan fingerprint density at radius 1 is 1.56 bits per heavy atom. The van der Waals surface area contributed by atoms with Crippen molar-refractivity contribution in [1.82, 2.24) is 5.32 Å². The Labute approximate surface area is 121 Å². The zero-order chi connectivity index (χ0) is 13.8. The molecule has 0 saturated carbocycles. The van der Waals surface area contributed by atoms with E-state index in [0.29, 0.717) is 13.1 Å². The standard InChI is InChI=1S/C13H21BrN2OS/c1-9(6-7-15)12(17)16-8-13(2,3)10-4-5-11(14)18-10/h4-5,9H,6-8,15H2,1-3H3,(H,16,17). The van der Waals surface area contributed by atoms with Gasteiger partial charge in [0.2, 0.25) is 5.91 Å². The lowest BCUT2D eigenvalue weighted by molar-refractivity contribution is -0.124. The summed E-state index contributed by atoms with van der Waals surface area (Å²) in [7, 11) is 0. The smallest absolute Gasteiger partial charge is 0.222 e. The minimum atomic E-state index is -0.0468. The van der Waals surface area contributed by atoms with E-state index in [9.17, 15) is 4.79 Å². The Balaban J connectivity index is 2.54. The lowest BCUT2D eigenvalue weighted by atomic mass is 9.91. The summed E-state index contributed by atoms with van der Waals surface area (Å²) >= 11 is 5.18. The number of nitrogens with two attached hydrogens (primary N) is 1. The van der Waals surface area contributed by atoms with Crippen molar-refractivity contribution in [3.8, 4) is 0 Å². The lowest BCUT2D eigenvalue weighted by Gasteiger charge is -2.24. The molecule has 0 aliphatic heterocycles. The predicted molar refractivity (Wildman–Crippen MR) is 80.9 cm³/mol. The number of hydrogen-bond donors (Lipinski definition) is 2. The van der Waals surface area contributed by atoms with E-state index in [1.165, 1.54) is 4.88 Å². The van der Waals surface area contributed by atoms with E-state index in [2.05, 4.69) is 41.2 Å². The molecule has 1 unspecified atom stereocenters. The highest BCUT2D eigenvalue weighted by atomic mass is 79.9. The molecule has 1 rings (SSSR count). The molecule has 0 fully saturated rings. The molecule has 1 amide bonds. The molecule has 5 heteroatoms. The van der Waals surface area contributed by atoms with Crippen molar-refractivity contribution in [2.75, 3.05) is 13.1 Å². The van der Waals surface area contributed by atoms with Gasteiger partial charge in [0.25, 0.3) is 0 Å². The molecule has 0 aliphatic rings. The number of hydrogen-bond acceptors (Lipinski definition) is 3. The van der Waals surface area contributed by atoms with Gasteiger partial charge in [-0.1, -0.05) is 20.8 Å². The van der Waals surface area contributed by atoms with Gasteiger partial charge in [0.05, 0.1) is 3.79 Å². The molecule has 0 saturated heterocycles. The van der Waals surface area contributed by atoms with Crippen molar-refractivity contribution in [3.05, 3.63) is 20.8 Å². The van der Waals surface area contributed by atoms with E-state index in [1.54, 1.807) is 11.3 Å². The fourth-order valence-electron chi connectivity index (χ4n) is 1.63. The molecule has 0 aromatic carbocycles. The number of rotatable bonds is 6. The molecular formula is C13H21BrN2OS. The van der Waals surface area contributed by atoms with Gasteiger partial charge in [0.1, 0.15) is 0 Å². The zero-order valence-electron chi connectivity index (χ0n) is 11.1. The lowest BCUT2D eigenvalue weighted by Crippen LogP contribution is -2.39. The van der Waals surface area contributed by atoms with Gasteiger partial charge in [-0.15, -0.1) is 11.3 Å². The summed E-state index contributed by atoms with van der Waals surface area (Å²) in [6.07, 6.45) is 0.733. The van der Waals surface area contributed by atoms with Crippen molar-refractivity contribution in [2.24, 2.45) is 11.7 Å². The third-order valence-corrected chi connectivity index (χ3v) is 4.98. The Morgan fingerprint density at radius 3 is 2.72 bits per heavy atom. The second-order valence-corrected chi connectivity index (χ2v) is 7.65. The molecule has 3 nitrogen and oxygen atoms in total. The van der Waals surface area contributed by atoms with Crippen LogP contribution in [0.15, 0.2) is 15.9 Å². The predicted octanol–water partition coefficient (Wildman–Crippen LogP) is 2.89. The minimum Gasteiger partial charge on any atom is -0.355 e. The van der Waals surface area contributed by atoms with Crippen molar-refractivity contribution >= 4 is 33.2 Å². The van der Waals surface area contributed by atoms with Crippen LogP contribution in [0.4, 0.5) is 0 Å². The number of halogens is 1. The van der Waals surface area contributed by atoms with Crippen LogP contribution in [0.3, 0.4) is 0 Å². The summed E-state index contributed by atoms with van der Waals surface area (Å²) < 4.78 is 1.12. The molecule has 1 atom stereocenters. The van der Waals surface area contributed by atoms with Crippen LogP contribution < -0.4 is 11.1 Å². The SMILES string of the molecule is CC(CCN)C(=O)NCC(C)(C)c1ccc(Br)s1. The maximum absolute atomic E-state index is 11.8. The average Bonchev–Trinajstić information content (AvgIpc) is 2.74. The van der Waals surface area contributed by atoms with Crippen molar-refractivity contribution in [1.29, 1.82) is 0 Å². The first-order chi connectivity index (χ1) is 8.36. The number of nitrogens with one attached hydrogen (secondary N) is 1. The first-order valence-electron chi connectivity index (χ1n) is 6.10. The Bertz CT molecular complexity index is 403. The number of amides is 1. The largest absolute Gasteiger partial charge is 0.355 e. The second kappa shape index (κ2) is 6.68. The van der Waals surface area contributed by atoms with Gasteiger partial charge in [-0.2, -0.15) is 0 Å². The maximum atomic E-state index is 11.8.